The Kier molecular flexibility index (Phi) is 7.60. The van der Waals surface area contributed by atoms with Crippen LogP contribution in [-0.4, -0.2) is 24.5 Å². The fourth-order valence-electron chi connectivity index (χ4n) is 2.39. The van der Waals surface area contributed by atoms with Gasteiger partial charge in [0, 0.05) is 23.3 Å². The van der Waals surface area contributed by atoms with E-state index in [1.165, 1.54) is 24.0 Å². The van der Waals surface area contributed by atoms with Gasteiger partial charge < -0.3 is 9.64 Å². The molecule has 6 heteroatoms. The van der Waals surface area contributed by atoms with Gasteiger partial charge in [-0.25, -0.2) is 4.79 Å². The van der Waals surface area contributed by atoms with Crippen molar-refractivity contribution in [1.82, 2.24) is 0 Å². The summed E-state index contributed by atoms with van der Waals surface area (Å²) in [5.74, 6) is -1.04. The van der Waals surface area contributed by atoms with Gasteiger partial charge in [-0.05, 0) is 36.8 Å². The summed E-state index contributed by atoms with van der Waals surface area (Å²) < 4.78 is 5.21. The molecule has 27 heavy (non-hydrogen) atoms. The molecule has 1 amide bonds. The van der Waals surface area contributed by atoms with Crippen LogP contribution in [0.1, 0.15) is 18.9 Å². The number of hydrogen-bond acceptors (Lipinski definition) is 4. The fraction of sp³-hybridized carbons (Fsp3) is 0.190. The molecule has 0 aliphatic carbocycles. The van der Waals surface area contributed by atoms with Crippen LogP contribution >= 0.6 is 11.6 Å². The lowest BCUT2D eigenvalue weighted by Crippen LogP contribution is -2.40. The molecule has 0 spiro atoms. The molecule has 0 heterocycles. The summed E-state index contributed by atoms with van der Waals surface area (Å²) in [4.78, 5) is 26.2. The van der Waals surface area contributed by atoms with Crippen molar-refractivity contribution in [2.45, 2.75) is 19.4 Å². The zero-order chi connectivity index (χ0) is 19.6. The third-order valence-electron chi connectivity index (χ3n) is 3.73. The molecule has 2 rings (SSSR count). The lowest BCUT2D eigenvalue weighted by molar-refractivity contribution is -0.149. The monoisotopic (exact) mass is 382 g/mol. The number of carbonyl (C=O) groups is 2. The average Bonchev–Trinajstić information content (AvgIpc) is 2.68. The Hall–Kier alpha value is -3.10. The predicted octanol–water partition coefficient (Wildman–Crippen LogP) is 4.23. The van der Waals surface area contributed by atoms with Gasteiger partial charge in [0.25, 0.3) is 5.91 Å². The first-order valence-electron chi connectivity index (χ1n) is 8.39. The second-order valence-electron chi connectivity index (χ2n) is 5.67. The first kappa shape index (κ1) is 20.2. The van der Waals surface area contributed by atoms with Crippen LogP contribution in [0.25, 0.3) is 6.08 Å². The van der Waals surface area contributed by atoms with E-state index in [-0.39, 0.29) is 13.0 Å². The normalized spacial score (nSPS) is 11.6. The Morgan fingerprint density at radius 2 is 1.85 bits per heavy atom. The van der Waals surface area contributed by atoms with E-state index in [4.69, 9.17) is 21.6 Å². The number of nitriles is 1. The van der Waals surface area contributed by atoms with E-state index in [1.54, 1.807) is 48.5 Å². The number of amides is 1. The predicted molar refractivity (Wildman–Crippen MR) is 105 cm³/mol. The van der Waals surface area contributed by atoms with Gasteiger partial charge in [0.05, 0.1) is 12.5 Å². The van der Waals surface area contributed by atoms with Crippen LogP contribution in [0.2, 0.25) is 5.02 Å². The maximum Gasteiger partial charge on any atom is 0.331 e. The SMILES string of the molecule is C[C@H](OC(=O)/C=C/c1ccccc1Cl)C(=O)N(CCC#N)c1ccccc1. The maximum absolute atomic E-state index is 12.7. The minimum atomic E-state index is -0.993. The van der Waals surface area contributed by atoms with E-state index in [0.717, 1.165) is 0 Å². The molecule has 0 unspecified atom stereocenters. The van der Waals surface area contributed by atoms with Crippen molar-refractivity contribution in [1.29, 1.82) is 5.26 Å². The molecule has 0 bridgehead atoms. The molecule has 0 radical (unpaired) electrons. The highest BCUT2D eigenvalue weighted by atomic mass is 35.5. The summed E-state index contributed by atoms with van der Waals surface area (Å²) in [5, 5.41) is 9.35. The lowest BCUT2D eigenvalue weighted by Gasteiger charge is -2.24. The molecule has 0 saturated heterocycles. The first-order valence-corrected chi connectivity index (χ1v) is 8.77. The van der Waals surface area contributed by atoms with E-state index in [9.17, 15) is 9.59 Å². The number of nitrogens with zero attached hydrogens (tertiary/aromatic N) is 2. The van der Waals surface area contributed by atoms with Crippen LogP contribution in [0.15, 0.2) is 60.7 Å². The molecule has 0 aliphatic rings. The van der Waals surface area contributed by atoms with Crippen molar-refractivity contribution in [3.8, 4) is 6.07 Å². The van der Waals surface area contributed by atoms with Crippen LogP contribution in [0, 0.1) is 11.3 Å². The van der Waals surface area contributed by atoms with Crippen LogP contribution in [0.4, 0.5) is 5.69 Å². The van der Waals surface area contributed by atoms with Gasteiger partial charge in [-0.1, -0.05) is 48.0 Å². The minimum absolute atomic E-state index is 0.174. The zero-order valence-corrected chi connectivity index (χ0v) is 15.6. The van der Waals surface area contributed by atoms with Crippen molar-refractivity contribution in [3.05, 3.63) is 71.3 Å². The smallest absolute Gasteiger partial charge is 0.331 e. The average molecular weight is 383 g/mol. The Balaban J connectivity index is 2.05. The molecule has 2 aromatic rings. The van der Waals surface area contributed by atoms with Crippen LogP contribution in [0.3, 0.4) is 0 Å². The fourth-order valence-corrected chi connectivity index (χ4v) is 2.59. The van der Waals surface area contributed by atoms with E-state index >= 15 is 0 Å². The number of rotatable bonds is 7. The van der Waals surface area contributed by atoms with Crippen molar-refractivity contribution in [2.75, 3.05) is 11.4 Å². The summed E-state index contributed by atoms with van der Waals surface area (Å²) in [6, 6.07) is 18.0. The van der Waals surface area contributed by atoms with Crippen molar-refractivity contribution >= 4 is 35.2 Å². The second-order valence-corrected chi connectivity index (χ2v) is 6.07. The number of anilines is 1. The van der Waals surface area contributed by atoms with Crippen molar-refractivity contribution < 1.29 is 14.3 Å². The standard InChI is InChI=1S/C21H19ClN2O3/c1-16(27-20(25)13-12-17-8-5-6-11-19(17)22)21(26)24(15-7-14-23)18-9-3-2-4-10-18/h2-6,8-13,16H,7,15H2,1H3/b13-12+/t16-/m0/s1. The Morgan fingerprint density at radius 1 is 1.19 bits per heavy atom. The number of para-hydroxylation sites is 1. The number of hydrogen-bond donors (Lipinski definition) is 0. The molecule has 0 saturated carbocycles. The van der Waals surface area contributed by atoms with Gasteiger partial charge in [0.15, 0.2) is 6.10 Å². The number of esters is 1. The van der Waals surface area contributed by atoms with Gasteiger partial charge in [0.1, 0.15) is 0 Å². The minimum Gasteiger partial charge on any atom is -0.449 e. The molecule has 5 nitrogen and oxygen atoms in total. The second kappa shape index (κ2) is 10.1. The zero-order valence-electron chi connectivity index (χ0n) is 14.8. The largest absolute Gasteiger partial charge is 0.449 e. The number of benzene rings is 2. The summed E-state index contributed by atoms with van der Waals surface area (Å²) in [5.41, 5.74) is 1.32. The summed E-state index contributed by atoms with van der Waals surface area (Å²) in [6.07, 6.45) is 1.94. The quantitative estimate of drug-likeness (QED) is 0.530. The summed E-state index contributed by atoms with van der Waals surface area (Å²) >= 11 is 6.03. The van der Waals surface area contributed by atoms with Gasteiger partial charge >= 0.3 is 5.97 Å². The van der Waals surface area contributed by atoms with Gasteiger partial charge in [-0.2, -0.15) is 5.26 Å². The van der Waals surface area contributed by atoms with Crippen LogP contribution < -0.4 is 4.90 Å². The number of carbonyl (C=O) groups excluding carboxylic acids is 2. The Labute approximate surface area is 163 Å². The van der Waals surface area contributed by atoms with Crippen molar-refractivity contribution in [2.24, 2.45) is 0 Å². The molecule has 2 aromatic carbocycles. The molecule has 0 aliphatic heterocycles. The third-order valence-corrected chi connectivity index (χ3v) is 4.07. The molecule has 0 fully saturated rings. The van der Waals surface area contributed by atoms with Gasteiger partial charge in [-0.3, -0.25) is 4.79 Å². The highest BCUT2D eigenvalue weighted by Crippen LogP contribution is 2.17. The topological polar surface area (TPSA) is 70.4 Å². The Bertz CT molecular complexity index is 859. The first-order chi connectivity index (χ1) is 13.0. The molecular formula is C21H19ClN2O3. The third kappa shape index (κ3) is 5.98. The number of ether oxygens (including phenoxy) is 1. The van der Waals surface area contributed by atoms with E-state index in [1.807, 2.05) is 12.1 Å². The molecule has 1 atom stereocenters. The highest BCUT2D eigenvalue weighted by molar-refractivity contribution is 6.32. The van der Waals surface area contributed by atoms with Gasteiger partial charge in [0.2, 0.25) is 0 Å². The molecule has 0 aromatic heterocycles. The molecule has 138 valence electrons. The van der Waals surface area contributed by atoms with E-state index in [2.05, 4.69) is 0 Å². The highest BCUT2D eigenvalue weighted by Gasteiger charge is 2.24. The summed E-state index contributed by atoms with van der Waals surface area (Å²) in [6.45, 7) is 1.72. The van der Waals surface area contributed by atoms with E-state index in [0.29, 0.717) is 16.3 Å². The van der Waals surface area contributed by atoms with Crippen molar-refractivity contribution in [3.63, 3.8) is 0 Å². The molecular weight excluding hydrogens is 364 g/mol. The van der Waals surface area contributed by atoms with Crippen LogP contribution in [-0.2, 0) is 14.3 Å². The maximum atomic E-state index is 12.7. The molecule has 0 N–H and O–H groups in total. The van der Waals surface area contributed by atoms with Crippen LogP contribution in [0.5, 0.6) is 0 Å². The Morgan fingerprint density at radius 3 is 2.52 bits per heavy atom. The summed E-state index contributed by atoms with van der Waals surface area (Å²) in [7, 11) is 0. The van der Waals surface area contributed by atoms with Gasteiger partial charge in [-0.15, -0.1) is 0 Å². The van der Waals surface area contributed by atoms with E-state index < -0.39 is 18.0 Å². The number of halogens is 1. The lowest BCUT2D eigenvalue weighted by atomic mass is 10.2.